The van der Waals surface area contributed by atoms with Crippen molar-refractivity contribution in [3.8, 4) is 11.5 Å². The van der Waals surface area contributed by atoms with Crippen LogP contribution in [0.2, 0.25) is 0 Å². The van der Waals surface area contributed by atoms with Crippen molar-refractivity contribution in [1.82, 2.24) is 14.2 Å². The number of hydrogen-bond donors (Lipinski definition) is 2. The third-order valence-corrected chi connectivity index (χ3v) is 10.5. The first kappa shape index (κ1) is 31.4. The molecule has 0 radical (unpaired) electrons. The average molecular weight is 639 g/mol. The van der Waals surface area contributed by atoms with Crippen LogP contribution in [0, 0.1) is 5.92 Å². The van der Waals surface area contributed by atoms with Gasteiger partial charge in [-0.25, -0.2) is 13.4 Å². The maximum atomic E-state index is 13.8. The van der Waals surface area contributed by atoms with Crippen molar-refractivity contribution in [2.24, 2.45) is 5.92 Å². The van der Waals surface area contributed by atoms with Crippen molar-refractivity contribution in [2.75, 3.05) is 39.2 Å². The van der Waals surface area contributed by atoms with Gasteiger partial charge in [0.05, 0.1) is 52.7 Å². The molecule has 1 aromatic heterocycles. The summed E-state index contributed by atoms with van der Waals surface area (Å²) in [6, 6.07) is 17.8. The highest BCUT2D eigenvalue weighted by molar-refractivity contribution is 7.89. The molecule has 0 spiro atoms. The number of aromatic nitrogens is 1. The monoisotopic (exact) mass is 638 g/mol. The zero-order valence-corrected chi connectivity index (χ0v) is 26.4. The summed E-state index contributed by atoms with van der Waals surface area (Å²) in [6.45, 7) is 3.49. The largest absolute Gasteiger partial charge is 0.497 e. The van der Waals surface area contributed by atoms with Crippen LogP contribution in [0.15, 0.2) is 71.6 Å². The van der Waals surface area contributed by atoms with E-state index in [9.17, 15) is 23.1 Å². The zero-order chi connectivity index (χ0) is 31.6. The van der Waals surface area contributed by atoms with Crippen LogP contribution in [0.5, 0.6) is 11.5 Å². The summed E-state index contributed by atoms with van der Waals surface area (Å²) in [6.07, 6.45) is -0.728. The Morgan fingerprint density at radius 3 is 2.59 bits per heavy atom. The molecule has 0 aliphatic carbocycles. The highest BCUT2D eigenvalue weighted by Gasteiger charge is 2.36. The van der Waals surface area contributed by atoms with Crippen LogP contribution in [0.25, 0.3) is 10.2 Å². The van der Waals surface area contributed by atoms with Gasteiger partial charge in [-0.2, -0.15) is 4.31 Å². The summed E-state index contributed by atoms with van der Waals surface area (Å²) in [7, 11) is -0.938. The standard InChI is InChI=1S/C31H34N4O7S2/c1-19-16-35(20(2)18-36)31(38)23-8-7-10-25(32-29(37)30-33-24-9-5-6-11-27(24)43-30)28(23)42-26(19)17-34(3)44(39,40)22-14-12-21(41-4)13-15-22/h5-15,19-20,26,36H,16-18H2,1-4H3,(H,32,37)/t19-,20-,26+/m0/s1. The number of thiazole rings is 1. The number of para-hydroxylation sites is 2. The Balaban J connectivity index is 1.50. The molecule has 0 saturated heterocycles. The molecule has 5 rings (SSSR count). The first-order chi connectivity index (χ1) is 21.0. The molecule has 0 fully saturated rings. The van der Waals surface area contributed by atoms with Crippen molar-refractivity contribution in [3.05, 3.63) is 77.3 Å². The Hall–Kier alpha value is -4.04. The van der Waals surface area contributed by atoms with Gasteiger partial charge in [0, 0.05) is 19.5 Å². The Bertz CT molecular complexity index is 1740. The van der Waals surface area contributed by atoms with Crippen LogP contribution in [0.4, 0.5) is 5.69 Å². The van der Waals surface area contributed by atoms with E-state index in [0.29, 0.717) is 11.3 Å². The van der Waals surface area contributed by atoms with Crippen LogP contribution in [0.1, 0.15) is 34.0 Å². The summed E-state index contributed by atoms with van der Waals surface area (Å²) in [4.78, 5) is 33.2. The Labute approximate surface area is 260 Å². The number of fused-ring (bicyclic) bond motifs is 2. The van der Waals surface area contributed by atoms with Gasteiger partial charge < -0.3 is 24.8 Å². The summed E-state index contributed by atoms with van der Waals surface area (Å²) in [5.41, 5.74) is 1.13. The predicted molar refractivity (Wildman–Crippen MR) is 168 cm³/mol. The van der Waals surface area contributed by atoms with Gasteiger partial charge in [-0.3, -0.25) is 9.59 Å². The number of carbonyl (C=O) groups is 2. The van der Waals surface area contributed by atoms with Crippen LogP contribution < -0.4 is 14.8 Å². The summed E-state index contributed by atoms with van der Waals surface area (Å²) < 4.78 is 40.7. The van der Waals surface area contributed by atoms with E-state index in [0.717, 1.165) is 4.70 Å². The number of aliphatic hydroxyl groups excluding tert-OH is 1. The van der Waals surface area contributed by atoms with Crippen molar-refractivity contribution in [2.45, 2.75) is 30.9 Å². The number of anilines is 1. The number of amides is 2. The van der Waals surface area contributed by atoms with E-state index in [2.05, 4.69) is 10.3 Å². The highest BCUT2D eigenvalue weighted by Crippen LogP contribution is 2.36. The van der Waals surface area contributed by atoms with E-state index >= 15 is 0 Å². The molecule has 1 aliphatic heterocycles. The lowest BCUT2D eigenvalue weighted by molar-refractivity contribution is 0.0388. The van der Waals surface area contributed by atoms with E-state index in [1.165, 1.54) is 41.9 Å². The topological polar surface area (TPSA) is 138 Å². The summed E-state index contributed by atoms with van der Waals surface area (Å²) in [5, 5.41) is 13.0. The molecule has 0 saturated carbocycles. The number of hydrogen-bond acceptors (Lipinski definition) is 9. The van der Waals surface area contributed by atoms with Gasteiger partial charge in [0.15, 0.2) is 10.8 Å². The molecule has 0 unspecified atom stereocenters. The molecule has 232 valence electrons. The molecule has 13 heteroatoms. The molecule has 2 amide bonds. The second-order valence-electron chi connectivity index (χ2n) is 10.7. The Morgan fingerprint density at radius 2 is 1.91 bits per heavy atom. The Morgan fingerprint density at radius 1 is 1.18 bits per heavy atom. The molecule has 4 aromatic rings. The minimum absolute atomic E-state index is 0.0509. The first-order valence-electron chi connectivity index (χ1n) is 14.0. The number of likely N-dealkylation sites (N-methyl/N-ethyl adjacent to an activating group) is 1. The van der Waals surface area contributed by atoms with Gasteiger partial charge in [-0.15, -0.1) is 11.3 Å². The van der Waals surface area contributed by atoms with Crippen molar-refractivity contribution in [3.63, 3.8) is 0 Å². The molecule has 2 heterocycles. The molecule has 1 aliphatic rings. The zero-order valence-electron chi connectivity index (χ0n) is 24.8. The number of rotatable bonds is 9. The van der Waals surface area contributed by atoms with Crippen LogP contribution >= 0.6 is 11.3 Å². The lowest BCUT2D eigenvalue weighted by Crippen LogP contribution is -2.50. The molecule has 44 heavy (non-hydrogen) atoms. The van der Waals surface area contributed by atoms with Crippen molar-refractivity contribution in [1.29, 1.82) is 0 Å². The number of sulfonamides is 1. The maximum absolute atomic E-state index is 13.8. The lowest BCUT2D eigenvalue weighted by Gasteiger charge is -2.38. The molecule has 11 nitrogen and oxygen atoms in total. The predicted octanol–water partition coefficient (Wildman–Crippen LogP) is 4.10. The van der Waals surface area contributed by atoms with Gasteiger partial charge in [-0.05, 0) is 55.5 Å². The van der Waals surface area contributed by atoms with Gasteiger partial charge >= 0.3 is 0 Å². The second kappa shape index (κ2) is 12.9. The van der Waals surface area contributed by atoms with Crippen LogP contribution in [-0.2, 0) is 10.0 Å². The summed E-state index contributed by atoms with van der Waals surface area (Å²) >= 11 is 1.24. The van der Waals surface area contributed by atoms with Crippen LogP contribution in [0.3, 0.4) is 0 Å². The smallest absolute Gasteiger partial charge is 0.284 e. The normalized spacial score (nSPS) is 17.9. The van der Waals surface area contributed by atoms with Crippen molar-refractivity contribution >= 4 is 49.1 Å². The van der Waals surface area contributed by atoms with E-state index in [1.807, 2.05) is 31.2 Å². The SMILES string of the molecule is COc1ccc(S(=O)(=O)N(C)C[C@H]2Oc3c(NC(=O)c4nc5ccccc5s4)cccc3C(=O)N([C@@H](C)CO)C[C@@H]2C)cc1. The Kier molecular flexibility index (Phi) is 9.20. The number of nitrogens with zero attached hydrogens (tertiary/aromatic N) is 3. The number of methoxy groups -OCH3 is 1. The molecule has 0 bridgehead atoms. The van der Waals surface area contributed by atoms with Gasteiger partial charge in [-0.1, -0.05) is 25.1 Å². The number of carbonyl (C=O) groups excluding carboxylic acids is 2. The highest BCUT2D eigenvalue weighted by atomic mass is 32.2. The van der Waals surface area contributed by atoms with E-state index in [-0.39, 0.29) is 58.4 Å². The molecular weight excluding hydrogens is 604 g/mol. The number of benzene rings is 3. The molecular formula is C31H34N4O7S2. The fourth-order valence-corrected chi connectivity index (χ4v) is 7.03. The molecule has 3 atom stereocenters. The minimum atomic E-state index is -3.91. The maximum Gasteiger partial charge on any atom is 0.284 e. The van der Waals surface area contributed by atoms with Gasteiger partial charge in [0.1, 0.15) is 11.9 Å². The quantitative estimate of drug-likeness (QED) is 0.280. The fraction of sp³-hybridized carbons (Fsp3) is 0.323. The third-order valence-electron chi connectivity index (χ3n) is 7.63. The molecule has 2 N–H and O–H groups in total. The van der Waals surface area contributed by atoms with Gasteiger partial charge in [0.25, 0.3) is 11.8 Å². The lowest BCUT2D eigenvalue weighted by atomic mass is 9.99. The van der Waals surface area contributed by atoms with Crippen LogP contribution in [-0.4, -0.2) is 85.5 Å². The molecule has 3 aromatic carbocycles. The van der Waals surface area contributed by atoms with E-state index < -0.39 is 28.1 Å². The summed E-state index contributed by atoms with van der Waals surface area (Å²) in [5.74, 6) is -0.552. The van der Waals surface area contributed by atoms with Gasteiger partial charge in [0.2, 0.25) is 10.0 Å². The number of aliphatic hydroxyl groups is 1. The average Bonchev–Trinajstić information content (AvgIpc) is 3.47. The number of ether oxygens (including phenoxy) is 2. The second-order valence-corrected chi connectivity index (χ2v) is 13.8. The minimum Gasteiger partial charge on any atom is -0.497 e. The third kappa shape index (κ3) is 6.27. The van der Waals surface area contributed by atoms with Crippen molar-refractivity contribution < 1.29 is 32.6 Å². The van der Waals surface area contributed by atoms with E-state index in [1.54, 1.807) is 42.2 Å². The fourth-order valence-electron chi connectivity index (χ4n) is 4.98. The first-order valence-corrected chi connectivity index (χ1v) is 16.3. The van der Waals surface area contributed by atoms with E-state index in [4.69, 9.17) is 9.47 Å². The number of nitrogens with one attached hydrogen (secondary N) is 1.